The summed E-state index contributed by atoms with van der Waals surface area (Å²) in [4.78, 5) is 19.6. The van der Waals surface area contributed by atoms with E-state index in [1.807, 2.05) is 12.4 Å². The SMILES string of the molecule is CC(=O)[O-].CC(C)(C)c1cc(C(c2ccccc2)(c2ccccc2)c2ccccc2)cc(C=NC2CCCCC2N=Cc2cc(C(c3ccccc3)(c3ccccc3)c3ccccc3)cc(C(C)(C)C)c2O)c1O.[Co]. The third-order valence-corrected chi connectivity index (χ3v) is 14.5. The smallest absolute Gasteiger partial charge is 0.128 e. The van der Waals surface area contributed by atoms with Crippen molar-refractivity contribution < 1.29 is 36.9 Å². The van der Waals surface area contributed by atoms with E-state index in [1.54, 1.807) is 0 Å². The molecule has 75 heavy (non-hydrogen) atoms. The Balaban J connectivity index is 0.00000158. The quantitative estimate of drug-likeness (QED) is 0.0939. The molecule has 8 aromatic carbocycles. The van der Waals surface area contributed by atoms with Gasteiger partial charge in [-0.2, -0.15) is 0 Å². The van der Waals surface area contributed by atoms with Crippen molar-refractivity contribution in [3.63, 3.8) is 0 Å². The Labute approximate surface area is 455 Å². The summed E-state index contributed by atoms with van der Waals surface area (Å²) in [6, 6.07) is 72.8. The summed E-state index contributed by atoms with van der Waals surface area (Å²) in [5.41, 5.74) is 9.88. The first-order valence-electron chi connectivity index (χ1n) is 25.9. The maximum absolute atomic E-state index is 12.3. The molecule has 0 aromatic heterocycles. The van der Waals surface area contributed by atoms with Crippen molar-refractivity contribution in [2.45, 2.75) is 108 Å². The topological polar surface area (TPSA) is 105 Å². The molecular formula is C68H69CoN2O4-. The maximum Gasteiger partial charge on any atom is 0.128 e. The molecule has 0 bridgehead atoms. The first-order valence-corrected chi connectivity index (χ1v) is 25.9. The molecular weight excluding hydrogens is 968 g/mol. The van der Waals surface area contributed by atoms with Gasteiger partial charge in [0.2, 0.25) is 0 Å². The third kappa shape index (κ3) is 11.8. The van der Waals surface area contributed by atoms with Gasteiger partial charge in [-0.15, -0.1) is 0 Å². The van der Waals surface area contributed by atoms with Crippen molar-refractivity contribution in [2.75, 3.05) is 0 Å². The Bertz CT molecular complexity index is 2770. The molecule has 7 heteroatoms. The summed E-state index contributed by atoms with van der Waals surface area (Å²) in [6.07, 6.45) is 7.62. The van der Waals surface area contributed by atoms with Crippen LogP contribution in [0, 0.1) is 0 Å². The van der Waals surface area contributed by atoms with Crippen molar-refractivity contribution in [3.8, 4) is 11.5 Å². The Kier molecular flexibility index (Phi) is 17.7. The molecule has 1 aliphatic rings. The van der Waals surface area contributed by atoms with Crippen LogP contribution in [-0.4, -0.2) is 40.7 Å². The van der Waals surface area contributed by atoms with Crippen LogP contribution in [0.4, 0.5) is 0 Å². The van der Waals surface area contributed by atoms with E-state index in [0.29, 0.717) is 11.1 Å². The molecule has 0 saturated heterocycles. The van der Waals surface area contributed by atoms with Gasteiger partial charge in [-0.1, -0.05) is 236 Å². The predicted octanol–water partition coefficient (Wildman–Crippen LogP) is 14.1. The molecule has 2 N–H and O–H groups in total. The van der Waals surface area contributed by atoms with E-state index >= 15 is 0 Å². The van der Waals surface area contributed by atoms with Crippen LogP contribution in [0.1, 0.15) is 141 Å². The van der Waals surface area contributed by atoms with Gasteiger partial charge in [-0.3, -0.25) is 9.98 Å². The van der Waals surface area contributed by atoms with E-state index in [9.17, 15) is 10.2 Å². The molecule has 1 radical (unpaired) electrons. The second-order valence-corrected chi connectivity index (χ2v) is 21.6. The molecule has 0 heterocycles. The zero-order valence-electron chi connectivity index (χ0n) is 44.2. The number of phenolic OH excluding ortho intramolecular Hbond substituents is 2. The van der Waals surface area contributed by atoms with Crippen LogP contribution in [0.15, 0.2) is 216 Å². The molecule has 1 aliphatic carbocycles. The molecule has 6 nitrogen and oxygen atoms in total. The van der Waals surface area contributed by atoms with Crippen molar-refractivity contribution in [3.05, 3.63) is 273 Å². The molecule has 9 rings (SSSR count). The van der Waals surface area contributed by atoms with Crippen LogP contribution < -0.4 is 5.11 Å². The zero-order chi connectivity index (χ0) is 52.5. The number of carbonyl (C=O) groups excluding carboxylic acids is 1. The van der Waals surface area contributed by atoms with Crippen molar-refractivity contribution in [2.24, 2.45) is 9.98 Å². The number of rotatable bonds is 12. The van der Waals surface area contributed by atoms with Crippen LogP contribution in [0.5, 0.6) is 11.5 Å². The fraction of sp³-hybridized carbons (Fsp3) is 0.250. The summed E-state index contributed by atoms with van der Waals surface area (Å²) >= 11 is 0. The van der Waals surface area contributed by atoms with Crippen LogP contribution >= 0.6 is 0 Å². The Morgan fingerprint density at radius 2 is 0.667 bits per heavy atom. The first-order chi connectivity index (χ1) is 35.6. The summed E-state index contributed by atoms with van der Waals surface area (Å²) in [7, 11) is 0. The van der Waals surface area contributed by atoms with Crippen molar-refractivity contribution in [1.29, 1.82) is 0 Å². The van der Waals surface area contributed by atoms with E-state index < -0.39 is 16.8 Å². The minimum absolute atomic E-state index is 0. The van der Waals surface area contributed by atoms with Gasteiger partial charge >= 0.3 is 0 Å². The number of aromatic hydroxyl groups is 2. The Hall–Kier alpha value is -7.32. The van der Waals surface area contributed by atoms with Gasteiger partial charge in [0.1, 0.15) is 11.5 Å². The van der Waals surface area contributed by atoms with E-state index in [1.165, 1.54) is 0 Å². The number of aliphatic imine (C=N–C) groups is 2. The molecule has 385 valence electrons. The fourth-order valence-electron chi connectivity index (χ4n) is 11.0. The number of carboxylic acids is 1. The van der Waals surface area contributed by atoms with Gasteiger partial charge in [0.05, 0.1) is 22.9 Å². The van der Waals surface area contributed by atoms with Crippen LogP contribution in [0.3, 0.4) is 0 Å². The van der Waals surface area contributed by atoms with Crippen molar-refractivity contribution in [1.82, 2.24) is 0 Å². The predicted molar refractivity (Wildman–Crippen MR) is 302 cm³/mol. The average molecular weight is 1040 g/mol. The number of hydrogen-bond donors (Lipinski definition) is 2. The standard InChI is InChI=1S/C66H66N2O2.C2H4O2.Co/c1-63(2,3)57-43-55(65(49-27-13-7-14-28-49,50-29-15-8-16-30-50)51-31-17-9-18-32-51)41-47(61(57)69)45-67-59-39-25-26-40-60(59)68-46-48-42-56(44-58(62(48)70)64(4,5)6)66(52-33-19-10-20-34-52,53-35-21-11-22-36-53)54-37-23-12-24-38-54;1-2(3)4;/h7-24,27-38,41-46,59-60,69-70H,25-26,39-40H2,1-6H3;1H3,(H,3,4);/p-1. The van der Waals surface area contributed by atoms with Gasteiger partial charge in [0.25, 0.3) is 0 Å². The van der Waals surface area contributed by atoms with E-state index in [-0.39, 0.29) is 51.2 Å². The summed E-state index contributed by atoms with van der Waals surface area (Å²) in [5.74, 6) is -0.594. The van der Waals surface area contributed by atoms with Crippen LogP contribution in [-0.2, 0) is 43.2 Å². The van der Waals surface area contributed by atoms with Crippen LogP contribution in [0.25, 0.3) is 0 Å². The molecule has 1 fully saturated rings. The van der Waals surface area contributed by atoms with Gasteiger partial charge in [-0.05, 0) is 99.4 Å². The minimum atomic E-state index is -1.08. The number of nitrogens with zero attached hydrogens (tertiary/aromatic N) is 2. The van der Waals surface area contributed by atoms with Gasteiger partial charge in [-0.25, -0.2) is 0 Å². The molecule has 2 unspecified atom stereocenters. The monoisotopic (exact) mass is 1040 g/mol. The maximum atomic E-state index is 12.3. The van der Waals surface area contributed by atoms with Crippen molar-refractivity contribution >= 4 is 18.4 Å². The normalized spacial score (nSPS) is 15.2. The van der Waals surface area contributed by atoms with E-state index in [2.05, 4.69) is 248 Å². The third-order valence-electron chi connectivity index (χ3n) is 14.5. The van der Waals surface area contributed by atoms with E-state index in [4.69, 9.17) is 19.9 Å². The second kappa shape index (κ2) is 23.9. The van der Waals surface area contributed by atoms with Gasteiger partial charge in [0.15, 0.2) is 0 Å². The largest absolute Gasteiger partial charge is 0.550 e. The summed E-state index contributed by atoms with van der Waals surface area (Å²) in [5, 5.41) is 33.5. The average Bonchev–Trinajstić information content (AvgIpc) is 3.40. The summed E-state index contributed by atoms with van der Waals surface area (Å²) in [6.45, 7) is 13.9. The number of carbonyl (C=O) groups is 1. The molecule has 2 atom stereocenters. The first kappa shape index (κ1) is 55.4. The number of carboxylic acid groups (broad SMARTS) is 1. The van der Waals surface area contributed by atoms with E-state index in [0.717, 1.165) is 88.2 Å². The molecule has 1 saturated carbocycles. The van der Waals surface area contributed by atoms with Crippen LogP contribution in [0.2, 0.25) is 0 Å². The Morgan fingerprint density at radius 3 is 0.880 bits per heavy atom. The zero-order valence-corrected chi connectivity index (χ0v) is 45.2. The Morgan fingerprint density at radius 1 is 0.440 bits per heavy atom. The molecule has 0 aliphatic heterocycles. The summed E-state index contributed by atoms with van der Waals surface area (Å²) < 4.78 is 0. The second-order valence-electron chi connectivity index (χ2n) is 21.6. The number of benzene rings is 8. The number of aliphatic carboxylic acids is 1. The number of phenols is 2. The molecule has 0 amide bonds. The fourth-order valence-corrected chi connectivity index (χ4v) is 11.0. The van der Waals surface area contributed by atoms with Gasteiger partial charge in [0, 0.05) is 57.4 Å². The van der Waals surface area contributed by atoms with Gasteiger partial charge < -0.3 is 20.1 Å². The minimum Gasteiger partial charge on any atom is -0.550 e. The molecule has 0 spiro atoms. The number of hydrogen-bond acceptors (Lipinski definition) is 6. The molecule has 8 aromatic rings.